The van der Waals surface area contributed by atoms with Gasteiger partial charge in [0.05, 0.1) is 17.4 Å². The molecule has 0 aromatic heterocycles. The molecule has 2 aromatic rings. The number of aliphatic hydroxyl groups excluding tert-OH is 1. The normalized spacial score (nSPS) is 13.6. The number of nitrogens with one attached hydrogen (secondary N) is 1. The monoisotopic (exact) mass is 393 g/mol. The van der Waals surface area contributed by atoms with Crippen molar-refractivity contribution in [2.24, 2.45) is 0 Å². The van der Waals surface area contributed by atoms with E-state index in [1.165, 1.54) is 0 Å². The average molecular weight is 394 g/mol. The van der Waals surface area contributed by atoms with Crippen molar-refractivity contribution >= 4 is 21.6 Å². The van der Waals surface area contributed by atoms with E-state index >= 15 is 0 Å². The Balaban J connectivity index is 1.99. The summed E-state index contributed by atoms with van der Waals surface area (Å²) in [4.78, 5) is 0. The van der Waals surface area contributed by atoms with Crippen LogP contribution in [0, 0.1) is 0 Å². The van der Waals surface area contributed by atoms with Crippen LogP contribution in [0.15, 0.2) is 48.5 Å². The lowest BCUT2D eigenvalue weighted by Crippen LogP contribution is -2.29. The van der Waals surface area contributed by atoms with E-state index in [1.807, 2.05) is 0 Å². The highest BCUT2D eigenvalue weighted by atomic mass is 35.5. The zero-order valence-corrected chi connectivity index (χ0v) is 14.4. The second kappa shape index (κ2) is 7.74. The number of halogens is 4. The Morgan fingerprint density at radius 2 is 1.68 bits per heavy atom. The maximum absolute atomic E-state index is 12.5. The maximum atomic E-state index is 12.5. The van der Waals surface area contributed by atoms with Gasteiger partial charge in [-0.15, -0.1) is 0 Å². The van der Waals surface area contributed by atoms with Crippen LogP contribution >= 0.6 is 11.6 Å². The van der Waals surface area contributed by atoms with Crippen LogP contribution in [0.1, 0.15) is 22.8 Å². The standard InChI is InChI=1S/C16H15ClF3NO3S/c17-14-4-2-1-3-12(14)10-25(23,24)21-9-15(22)11-5-7-13(8-6-11)16(18,19)20/h1-8,15,21-22H,9-10H2/t15-/m0/s1. The summed E-state index contributed by atoms with van der Waals surface area (Å²) in [6.45, 7) is -0.363. The van der Waals surface area contributed by atoms with Crippen LogP contribution in [0.5, 0.6) is 0 Å². The van der Waals surface area contributed by atoms with E-state index in [0.29, 0.717) is 10.6 Å². The Hall–Kier alpha value is -1.61. The second-order valence-corrected chi connectivity index (χ2v) is 7.55. The quantitative estimate of drug-likeness (QED) is 0.789. The maximum Gasteiger partial charge on any atom is 0.416 e. The van der Waals surface area contributed by atoms with Gasteiger partial charge in [0.15, 0.2) is 0 Å². The highest BCUT2D eigenvalue weighted by molar-refractivity contribution is 7.88. The molecule has 4 nitrogen and oxygen atoms in total. The Kier molecular flexibility index (Phi) is 6.10. The molecule has 0 fully saturated rings. The number of benzene rings is 2. The van der Waals surface area contributed by atoms with Crippen LogP contribution in [-0.4, -0.2) is 20.1 Å². The van der Waals surface area contributed by atoms with Crippen LogP contribution in [-0.2, 0) is 22.0 Å². The molecular formula is C16H15ClF3NO3S. The van der Waals surface area contributed by atoms with E-state index in [0.717, 1.165) is 24.3 Å². The van der Waals surface area contributed by atoms with Crippen LogP contribution in [0.4, 0.5) is 13.2 Å². The van der Waals surface area contributed by atoms with E-state index < -0.39 is 27.9 Å². The lowest BCUT2D eigenvalue weighted by molar-refractivity contribution is -0.137. The second-order valence-electron chi connectivity index (χ2n) is 5.33. The van der Waals surface area contributed by atoms with Crippen molar-refractivity contribution in [2.75, 3.05) is 6.54 Å². The van der Waals surface area contributed by atoms with Gasteiger partial charge in [0.2, 0.25) is 10.0 Å². The van der Waals surface area contributed by atoms with Gasteiger partial charge in [-0.3, -0.25) is 0 Å². The molecule has 0 saturated carbocycles. The molecule has 0 heterocycles. The van der Waals surface area contributed by atoms with Crippen molar-refractivity contribution in [1.29, 1.82) is 0 Å². The number of rotatable bonds is 6. The summed E-state index contributed by atoms with van der Waals surface area (Å²) in [5, 5.41) is 10.3. The molecule has 0 aliphatic rings. The van der Waals surface area contributed by atoms with Gasteiger partial charge in [0.25, 0.3) is 0 Å². The van der Waals surface area contributed by atoms with Gasteiger partial charge in [-0.05, 0) is 29.3 Å². The van der Waals surface area contributed by atoms with E-state index in [9.17, 15) is 26.7 Å². The molecule has 2 aromatic carbocycles. The van der Waals surface area contributed by atoms with E-state index in [-0.39, 0.29) is 17.9 Å². The molecular weight excluding hydrogens is 379 g/mol. The van der Waals surface area contributed by atoms with Crippen LogP contribution in [0.25, 0.3) is 0 Å². The summed E-state index contributed by atoms with van der Waals surface area (Å²) in [5.41, 5.74) is -0.267. The number of aliphatic hydroxyl groups is 1. The molecule has 2 N–H and O–H groups in total. The fourth-order valence-electron chi connectivity index (χ4n) is 2.09. The average Bonchev–Trinajstić information content (AvgIpc) is 2.54. The smallest absolute Gasteiger partial charge is 0.387 e. The molecule has 1 atom stereocenters. The summed E-state index contributed by atoms with van der Waals surface area (Å²) in [7, 11) is -3.77. The highest BCUT2D eigenvalue weighted by Gasteiger charge is 2.30. The SMILES string of the molecule is O=S(=O)(Cc1ccccc1Cl)NC[C@H](O)c1ccc(C(F)(F)F)cc1. The molecule has 0 aliphatic carbocycles. The van der Waals surface area contributed by atoms with Crippen LogP contribution < -0.4 is 4.72 Å². The minimum absolute atomic E-state index is 0.174. The first kappa shape index (κ1) is 19.7. The molecule has 9 heteroatoms. The molecule has 0 bridgehead atoms. The number of sulfonamides is 1. The van der Waals surface area contributed by atoms with Crippen LogP contribution in [0.2, 0.25) is 5.02 Å². The van der Waals surface area contributed by atoms with Crippen molar-refractivity contribution in [1.82, 2.24) is 4.72 Å². The molecule has 0 saturated heterocycles. The molecule has 0 radical (unpaired) electrons. The van der Waals surface area contributed by atoms with Crippen molar-refractivity contribution in [3.63, 3.8) is 0 Å². The van der Waals surface area contributed by atoms with Gasteiger partial charge in [-0.25, -0.2) is 13.1 Å². The topological polar surface area (TPSA) is 66.4 Å². The Morgan fingerprint density at radius 1 is 1.08 bits per heavy atom. The zero-order chi connectivity index (χ0) is 18.7. The summed E-state index contributed by atoms with van der Waals surface area (Å²) in [6.07, 6.45) is -5.75. The van der Waals surface area contributed by atoms with Gasteiger partial charge in [0.1, 0.15) is 0 Å². The summed E-state index contributed by atoms with van der Waals surface area (Å²) in [6, 6.07) is 10.3. The minimum atomic E-state index is -4.47. The number of hydrogen-bond donors (Lipinski definition) is 2. The highest BCUT2D eigenvalue weighted by Crippen LogP contribution is 2.29. The lowest BCUT2D eigenvalue weighted by atomic mass is 10.1. The lowest BCUT2D eigenvalue weighted by Gasteiger charge is -2.14. The third-order valence-corrected chi connectivity index (χ3v) is 5.09. The van der Waals surface area contributed by atoms with Gasteiger partial charge in [-0.1, -0.05) is 41.9 Å². The first-order chi connectivity index (χ1) is 11.6. The van der Waals surface area contributed by atoms with Crippen LogP contribution in [0.3, 0.4) is 0 Å². The van der Waals surface area contributed by atoms with Gasteiger partial charge in [-0.2, -0.15) is 13.2 Å². The fourth-order valence-corrected chi connectivity index (χ4v) is 3.55. The predicted molar refractivity (Wildman–Crippen MR) is 88.5 cm³/mol. The molecule has 25 heavy (non-hydrogen) atoms. The molecule has 136 valence electrons. The minimum Gasteiger partial charge on any atom is -0.387 e. The van der Waals surface area contributed by atoms with Gasteiger partial charge in [0, 0.05) is 11.6 Å². The molecule has 0 amide bonds. The van der Waals surface area contributed by atoms with Gasteiger partial charge >= 0.3 is 6.18 Å². The van der Waals surface area contributed by atoms with E-state index in [1.54, 1.807) is 24.3 Å². The number of hydrogen-bond acceptors (Lipinski definition) is 3. The molecule has 0 spiro atoms. The van der Waals surface area contributed by atoms with Gasteiger partial charge < -0.3 is 5.11 Å². The fraction of sp³-hybridized carbons (Fsp3) is 0.250. The first-order valence-corrected chi connectivity index (χ1v) is 9.17. The molecule has 0 aliphatic heterocycles. The third kappa shape index (κ3) is 5.71. The van der Waals surface area contributed by atoms with Crippen molar-refractivity contribution in [3.05, 3.63) is 70.2 Å². The zero-order valence-electron chi connectivity index (χ0n) is 12.8. The van der Waals surface area contributed by atoms with E-state index in [4.69, 9.17) is 11.6 Å². The largest absolute Gasteiger partial charge is 0.416 e. The summed E-state index contributed by atoms with van der Waals surface area (Å²) < 4.78 is 63.8. The van der Waals surface area contributed by atoms with E-state index in [2.05, 4.69) is 4.72 Å². The van der Waals surface area contributed by atoms with Crippen molar-refractivity contribution < 1.29 is 26.7 Å². The Labute approximate surface area is 148 Å². The first-order valence-electron chi connectivity index (χ1n) is 7.14. The summed E-state index contributed by atoms with van der Waals surface area (Å²) >= 11 is 5.91. The van der Waals surface area contributed by atoms with Crippen molar-refractivity contribution in [2.45, 2.75) is 18.0 Å². The Bertz CT molecular complexity index is 823. The summed E-state index contributed by atoms with van der Waals surface area (Å²) in [5.74, 6) is -0.369. The Morgan fingerprint density at radius 3 is 2.24 bits per heavy atom. The molecule has 2 rings (SSSR count). The number of alkyl halides is 3. The van der Waals surface area contributed by atoms with Crippen molar-refractivity contribution in [3.8, 4) is 0 Å². The third-order valence-electron chi connectivity index (χ3n) is 3.42. The molecule has 0 unspecified atom stereocenters. The predicted octanol–water partition coefficient (Wildman–Crippen LogP) is 3.51.